The van der Waals surface area contributed by atoms with Gasteiger partial charge in [0.15, 0.2) is 0 Å². The van der Waals surface area contributed by atoms with Crippen LogP contribution < -0.4 is 9.80 Å². The van der Waals surface area contributed by atoms with Crippen LogP contribution in [0.4, 0.5) is 22.7 Å². The molecule has 0 radical (unpaired) electrons. The number of hydrogen-bond donors (Lipinski definition) is 0. The molecule has 0 aliphatic carbocycles. The van der Waals surface area contributed by atoms with Gasteiger partial charge in [-0.05, 0) is 59.2 Å². The molecule has 0 amide bonds. The van der Waals surface area contributed by atoms with Crippen molar-refractivity contribution in [1.82, 2.24) is 9.88 Å². The minimum atomic E-state index is -0.226. The summed E-state index contributed by atoms with van der Waals surface area (Å²) >= 11 is 0. The monoisotopic (exact) mass is 486 g/mol. The number of pyridine rings is 1. The number of hydrogen-bond acceptors (Lipinski definition) is 4. The van der Waals surface area contributed by atoms with Crippen molar-refractivity contribution in [2.24, 2.45) is 0 Å². The first-order valence-corrected chi connectivity index (χ1v) is 13.0. The number of nitrogens with zero attached hydrogens (tertiary/aromatic N) is 4. The number of aromatic nitrogens is 1. The van der Waals surface area contributed by atoms with Crippen LogP contribution in [0.3, 0.4) is 0 Å². The number of anilines is 4. The van der Waals surface area contributed by atoms with E-state index in [1.54, 1.807) is 0 Å². The second-order valence-corrected chi connectivity index (χ2v) is 11.2. The SMILES string of the molecule is CN1C=CN(c2cccc(N3c4ccccc4C(C)(C)c4ccc(C(C)(C)c5ccccn5)cc43)c2)C1. The molecular formula is C33H34N4. The predicted molar refractivity (Wildman–Crippen MR) is 154 cm³/mol. The van der Waals surface area contributed by atoms with Gasteiger partial charge >= 0.3 is 0 Å². The van der Waals surface area contributed by atoms with Gasteiger partial charge in [0.2, 0.25) is 0 Å². The molecule has 1 aromatic heterocycles. The maximum Gasteiger partial charge on any atom is 0.0938 e. The average molecular weight is 487 g/mol. The fourth-order valence-electron chi connectivity index (χ4n) is 5.77. The zero-order valence-corrected chi connectivity index (χ0v) is 22.3. The third-order valence-corrected chi connectivity index (χ3v) is 8.05. The first-order valence-electron chi connectivity index (χ1n) is 13.0. The molecule has 0 bridgehead atoms. The highest BCUT2D eigenvalue weighted by Gasteiger charge is 2.38. The average Bonchev–Trinajstić information content (AvgIpc) is 3.35. The Labute approximate surface area is 220 Å². The molecular weight excluding hydrogens is 452 g/mol. The molecule has 186 valence electrons. The lowest BCUT2D eigenvalue weighted by atomic mass is 9.71. The summed E-state index contributed by atoms with van der Waals surface area (Å²) in [6.45, 7) is 10.1. The van der Waals surface area contributed by atoms with Crippen molar-refractivity contribution in [3.05, 3.63) is 126 Å². The van der Waals surface area contributed by atoms with Gasteiger partial charge < -0.3 is 14.7 Å². The molecule has 0 unspecified atom stereocenters. The van der Waals surface area contributed by atoms with Crippen LogP contribution in [-0.4, -0.2) is 23.6 Å². The van der Waals surface area contributed by atoms with Gasteiger partial charge in [-0.1, -0.05) is 70.2 Å². The van der Waals surface area contributed by atoms with Gasteiger partial charge in [-0.25, -0.2) is 0 Å². The van der Waals surface area contributed by atoms with E-state index in [9.17, 15) is 0 Å². The van der Waals surface area contributed by atoms with Crippen LogP contribution >= 0.6 is 0 Å². The molecule has 2 aliphatic heterocycles. The number of benzene rings is 3. The highest BCUT2D eigenvalue weighted by molar-refractivity contribution is 5.87. The van der Waals surface area contributed by atoms with Gasteiger partial charge in [0.1, 0.15) is 0 Å². The molecule has 6 rings (SSSR count). The maximum atomic E-state index is 4.71. The summed E-state index contributed by atoms with van der Waals surface area (Å²) in [4.78, 5) is 11.6. The molecule has 0 N–H and O–H groups in total. The van der Waals surface area contributed by atoms with E-state index in [0.29, 0.717) is 0 Å². The highest BCUT2D eigenvalue weighted by atomic mass is 15.3. The van der Waals surface area contributed by atoms with E-state index >= 15 is 0 Å². The van der Waals surface area contributed by atoms with Crippen LogP contribution in [0.2, 0.25) is 0 Å². The minimum absolute atomic E-state index is 0.117. The molecule has 0 saturated heterocycles. The van der Waals surface area contributed by atoms with Gasteiger partial charge in [-0.2, -0.15) is 0 Å². The van der Waals surface area contributed by atoms with E-state index in [-0.39, 0.29) is 10.8 Å². The number of fused-ring (bicyclic) bond motifs is 2. The van der Waals surface area contributed by atoms with Gasteiger partial charge in [0.05, 0.1) is 23.7 Å². The van der Waals surface area contributed by atoms with E-state index in [0.717, 1.165) is 18.1 Å². The topological polar surface area (TPSA) is 22.6 Å². The van der Waals surface area contributed by atoms with Crippen molar-refractivity contribution in [3.63, 3.8) is 0 Å². The van der Waals surface area contributed by atoms with Crippen molar-refractivity contribution < 1.29 is 0 Å². The quantitative estimate of drug-likeness (QED) is 0.295. The maximum absolute atomic E-state index is 4.71. The summed E-state index contributed by atoms with van der Waals surface area (Å²) in [5.41, 5.74) is 9.47. The van der Waals surface area contributed by atoms with E-state index in [1.807, 2.05) is 12.3 Å². The van der Waals surface area contributed by atoms with E-state index in [1.165, 1.54) is 33.8 Å². The summed E-state index contributed by atoms with van der Waals surface area (Å²) in [6.07, 6.45) is 6.15. The molecule has 3 aromatic carbocycles. The fraction of sp³-hybridized carbons (Fsp3) is 0.242. The summed E-state index contributed by atoms with van der Waals surface area (Å²) in [5, 5.41) is 0. The standard InChI is InChI=1S/C33H34N4/c1-32(2,31-15-8-9-18-34-31)24-16-17-28-30(21-24)37(29-14-7-6-13-27(29)33(28,3)4)26-12-10-11-25(22-26)36-20-19-35(5)23-36/h6-22H,23H2,1-5H3. The van der Waals surface area contributed by atoms with E-state index < -0.39 is 0 Å². The number of rotatable bonds is 4. The normalized spacial score (nSPS) is 16.1. The Bertz CT molecular complexity index is 1490. The molecule has 0 atom stereocenters. The molecule has 0 fully saturated rings. The van der Waals surface area contributed by atoms with Crippen LogP contribution in [0.25, 0.3) is 0 Å². The summed E-state index contributed by atoms with van der Waals surface area (Å²) in [7, 11) is 2.10. The Morgan fingerprint density at radius 3 is 2.27 bits per heavy atom. The largest absolute Gasteiger partial charge is 0.361 e. The third-order valence-electron chi connectivity index (χ3n) is 8.05. The predicted octanol–water partition coefficient (Wildman–Crippen LogP) is 7.70. The Morgan fingerprint density at radius 1 is 0.757 bits per heavy atom. The second-order valence-electron chi connectivity index (χ2n) is 11.2. The smallest absolute Gasteiger partial charge is 0.0938 e. The zero-order valence-electron chi connectivity index (χ0n) is 22.3. The highest BCUT2D eigenvalue weighted by Crippen LogP contribution is 2.53. The molecule has 4 heteroatoms. The van der Waals surface area contributed by atoms with Crippen LogP contribution in [-0.2, 0) is 10.8 Å². The molecule has 4 aromatic rings. The van der Waals surface area contributed by atoms with Crippen LogP contribution in [0, 0.1) is 0 Å². The second kappa shape index (κ2) is 8.52. The van der Waals surface area contributed by atoms with Crippen molar-refractivity contribution >= 4 is 22.7 Å². The van der Waals surface area contributed by atoms with Gasteiger partial charge in [0, 0.05) is 47.8 Å². The first kappa shape index (κ1) is 23.4. The molecule has 37 heavy (non-hydrogen) atoms. The number of para-hydroxylation sites is 1. The first-order chi connectivity index (χ1) is 17.8. The Kier molecular flexibility index (Phi) is 5.38. The lowest BCUT2D eigenvalue weighted by molar-refractivity contribution is 0.496. The molecule has 3 heterocycles. The van der Waals surface area contributed by atoms with E-state index in [4.69, 9.17) is 4.98 Å². The van der Waals surface area contributed by atoms with Crippen molar-refractivity contribution in [3.8, 4) is 0 Å². The van der Waals surface area contributed by atoms with Crippen molar-refractivity contribution in [2.45, 2.75) is 38.5 Å². The fourth-order valence-corrected chi connectivity index (χ4v) is 5.77. The Morgan fingerprint density at radius 2 is 1.51 bits per heavy atom. The van der Waals surface area contributed by atoms with Gasteiger partial charge in [-0.15, -0.1) is 0 Å². The van der Waals surface area contributed by atoms with Crippen molar-refractivity contribution in [2.75, 3.05) is 23.5 Å². The van der Waals surface area contributed by atoms with Crippen LogP contribution in [0.15, 0.2) is 104 Å². The lowest BCUT2D eigenvalue weighted by Gasteiger charge is -2.43. The van der Waals surface area contributed by atoms with Crippen LogP contribution in [0.5, 0.6) is 0 Å². The molecule has 2 aliphatic rings. The molecule has 0 spiro atoms. The summed E-state index contributed by atoms with van der Waals surface area (Å²) in [6, 6.07) is 30.9. The Balaban J connectivity index is 1.54. The van der Waals surface area contributed by atoms with Crippen molar-refractivity contribution in [1.29, 1.82) is 0 Å². The third kappa shape index (κ3) is 3.79. The molecule has 0 saturated carbocycles. The summed E-state index contributed by atoms with van der Waals surface area (Å²) in [5.74, 6) is 0. The van der Waals surface area contributed by atoms with Gasteiger partial charge in [0.25, 0.3) is 0 Å². The lowest BCUT2D eigenvalue weighted by Crippen LogP contribution is -2.31. The van der Waals surface area contributed by atoms with E-state index in [2.05, 4.69) is 141 Å². The minimum Gasteiger partial charge on any atom is -0.361 e. The van der Waals surface area contributed by atoms with Crippen LogP contribution in [0.1, 0.15) is 50.1 Å². The summed E-state index contributed by atoms with van der Waals surface area (Å²) < 4.78 is 0. The van der Waals surface area contributed by atoms with Gasteiger partial charge in [-0.3, -0.25) is 4.98 Å². The zero-order chi connectivity index (χ0) is 25.8. The molecule has 4 nitrogen and oxygen atoms in total. The Hall–Kier alpha value is -4.05.